The number of alkyl halides is 3. The number of nitriles is 1. The first-order valence-corrected chi connectivity index (χ1v) is 12.1. The number of aromatic amines is 1. The maximum absolute atomic E-state index is 13.5. The lowest BCUT2D eigenvalue weighted by Crippen LogP contribution is -2.49. The van der Waals surface area contributed by atoms with Gasteiger partial charge in [-0.25, -0.2) is 10.1 Å². The third-order valence-corrected chi connectivity index (χ3v) is 6.11. The lowest BCUT2D eigenvalue weighted by Gasteiger charge is -2.36. The molecule has 1 atom stereocenters. The van der Waals surface area contributed by atoms with E-state index in [2.05, 4.69) is 10.1 Å². The molecule has 0 aliphatic carbocycles. The van der Waals surface area contributed by atoms with Gasteiger partial charge in [-0.15, -0.1) is 0 Å². The number of halogens is 3. The molecule has 200 valence electrons. The number of anilines is 2. The van der Waals surface area contributed by atoms with E-state index in [-0.39, 0.29) is 31.3 Å². The molecule has 10 nitrogen and oxygen atoms in total. The monoisotopic (exact) mass is 521 g/mol. The molecule has 37 heavy (non-hydrogen) atoms. The van der Waals surface area contributed by atoms with Crippen molar-refractivity contribution in [3.63, 3.8) is 0 Å². The van der Waals surface area contributed by atoms with Gasteiger partial charge in [0.05, 0.1) is 30.0 Å². The van der Waals surface area contributed by atoms with Gasteiger partial charge in [0, 0.05) is 38.9 Å². The van der Waals surface area contributed by atoms with Crippen LogP contribution in [0.4, 0.5) is 24.7 Å². The number of aromatic nitrogens is 3. The van der Waals surface area contributed by atoms with Gasteiger partial charge in [0.25, 0.3) is 5.56 Å². The quantitative estimate of drug-likeness (QED) is 0.474. The van der Waals surface area contributed by atoms with Gasteiger partial charge >= 0.3 is 6.18 Å². The standard InChI is InChI=1S/C24H30F3N7O3/c1-3-7-34(19-15-30-31-23(36)22(19)24(25,26)27)16-37-18(4-2)12-21(35)33-10-8-32(9-11-33)20-6-5-17(13-28)14-29-20/h5-6,14-15,18H,3-4,7-12,16H2,1-2H3,(H,31,36)/t18-/m0/s1. The predicted molar refractivity (Wildman–Crippen MR) is 130 cm³/mol. The normalized spacial score (nSPS) is 14.8. The smallest absolute Gasteiger partial charge is 0.357 e. The number of ether oxygens (including phenoxy) is 1. The predicted octanol–water partition coefficient (Wildman–Crippen LogP) is 2.76. The molecule has 1 fully saturated rings. The molecule has 3 rings (SSSR count). The molecular weight excluding hydrogens is 491 g/mol. The van der Waals surface area contributed by atoms with Gasteiger partial charge in [0.2, 0.25) is 5.91 Å². The van der Waals surface area contributed by atoms with E-state index in [1.807, 2.05) is 23.0 Å². The van der Waals surface area contributed by atoms with Crippen LogP contribution in [-0.2, 0) is 15.7 Å². The van der Waals surface area contributed by atoms with Gasteiger partial charge in [0.15, 0.2) is 0 Å². The van der Waals surface area contributed by atoms with Crippen molar-refractivity contribution in [2.45, 2.75) is 45.4 Å². The summed E-state index contributed by atoms with van der Waals surface area (Å²) in [6.07, 6.45) is -1.79. The number of hydrogen-bond acceptors (Lipinski definition) is 8. The maximum atomic E-state index is 13.5. The number of hydrogen-bond donors (Lipinski definition) is 1. The molecule has 0 spiro atoms. The molecule has 2 aromatic heterocycles. The number of nitrogens with zero attached hydrogens (tertiary/aromatic N) is 6. The third kappa shape index (κ3) is 7.19. The Bertz CT molecular complexity index is 1140. The summed E-state index contributed by atoms with van der Waals surface area (Å²) in [7, 11) is 0. The van der Waals surface area contributed by atoms with Crippen LogP contribution in [0.2, 0.25) is 0 Å². The minimum atomic E-state index is -4.85. The van der Waals surface area contributed by atoms with E-state index in [0.29, 0.717) is 44.6 Å². The molecule has 0 bridgehead atoms. The second kappa shape index (κ2) is 12.5. The zero-order valence-corrected chi connectivity index (χ0v) is 20.8. The molecule has 0 radical (unpaired) electrons. The average Bonchev–Trinajstić information content (AvgIpc) is 2.89. The molecule has 0 saturated carbocycles. The van der Waals surface area contributed by atoms with Crippen LogP contribution in [0, 0.1) is 11.3 Å². The first-order chi connectivity index (χ1) is 17.7. The van der Waals surface area contributed by atoms with Gasteiger partial charge in [-0.05, 0) is 25.0 Å². The summed E-state index contributed by atoms with van der Waals surface area (Å²) in [6, 6.07) is 5.51. The maximum Gasteiger partial charge on any atom is 0.423 e. The first-order valence-electron chi connectivity index (χ1n) is 12.1. The number of carbonyl (C=O) groups is 1. The average molecular weight is 522 g/mol. The van der Waals surface area contributed by atoms with Crippen LogP contribution >= 0.6 is 0 Å². The molecule has 13 heteroatoms. The van der Waals surface area contributed by atoms with Crippen molar-refractivity contribution >= 4 is 17.4 Å². The molecule has 0 unspecified atom stereocenters. The minimum absolute atomic E-state index is 0.0886. The fourth-order valence-electron chi connectivity index (χ4n) is 4.09. The van der Waals surface area contributed by atoms with E-state index < -0.39 is 23.4 Å². The van der Waals surface area contributed by atoms with E-state index in [0.717, 1.165) is 12.0 Å². The van der Waals surface area contributed by atoms with Crippen molar-refractivity contribution in [2.75, 3.05) is 49.3 Å². The van der Waals surface area contributed by atoms with Crippen LogP contribution in [0.25, 0.3) is 0 Å². The van der Waals surface area contributed by atoms with Crippen molar-refractivity contribution in [1.82, 2.24) is 20.1 Å². The van der Waals surface area contributed by atoms with E-state index >= 15 is 0 Å². The summed E-state index contributed by atoms with van der Waals surface area (Å²) < 4.78 is 46.5. The molecule has 1 aliphatic heterocycles. The zero-order valence-electron chi connectivity index (χ0n) is 20.8. The van der Waals surface area contributed by atoms with Crippen LogP contribution in [0.3, 0.4) is 0 Å². The summed E-state index contributed by atoms with van der Waals surface area (Å²) in [6.45, 7) is 5.79. The Kier molecular flexibility index (Phi) is 9.46. The molecule has 2 aromatic rings. The summed E-state index contributed by atoms with van der Waals surface area (Å²) in [5, 5.41) is 14.3. The van der Waals surface area contributed by atoms with Gasteiger partial charge in [-0.2, -0.15) is 23.5 Å². The fraction of sp³-hybridized carbons (Fsp3) is 0.542. The molecule has 1 aliphatic rings. The largest absolute Gasteiger partial charge is 0.423 e. The second-order valence-corrected chi connectivity index (χ2v) is 8.64. The summed E-state index contributed by atoms with van der Waals surface area (Å²) in [5.74, 6) is 0.638. The Hall–Kier alpha value is -3.66. The van der Waals surface area contributed by atoms with Crippen LogP contribution in [-0.4, -0.2) is 71.5 Å². The van der Waals surface area contributed by atoms with Crippen molar-refractivity contribution in [3.8, 4) is 6.07 Å². The van der Waals surface area contributed by atoms with Crippen LogP contribution in [0.15, 0.2) is 29.3 Å². The Morgan fingerprint density at radius 3 is 2.54 bits per heavy atom. The Morgan fingerprint density at radius 2 is 1.97 bits per heavy atom. The number of piperazine rings is 1. The summed E-state index contributed by atoms with van der Waals surface area (Å²) in [5.41, 5.74) is -2.51. The van der Waals surface area contributed by atoms with E-state index in [1.165, 1.54) is 11.1 Å². The SMILES string of the molecule is CCCN(CO[C@@H](CC)CC(=O)N1CCN(c2ccc(C#N)cn2)CC1)c1cn[nH]c(=O)c1C(F)(F)F. The highest BCUT2D eigenvalue weighted by molar-refractivity contribution is 5.77. The number of H-pyrrole nitrogens is 1. The van der Waals surface area contributed by atoms with Gasteiger partial charge in [-0.1, -0.05) is 13.8 Å². The lowest BCUT2D eigenvalue weighted by atomic mass is 10.1. The summed E-state index contributed by atoms with van der Waals surface area (Å²) in [4.78, 5) is 34.2. The zero-order chi connectivity index (χ0) is 27.0. The molecule has 1 N–H and O–H groups in total. The lowest BCUT2D eigenvalue weighted by molar-refractivity contribution is -0.138. The molecule has 3 heterocycles. The van der Waals surface area contributed by atoms with Gasteiger partial charge in [-0.3, -0.25) is 9.59 Å². The van der Waals surface area contributed by atoms with Crippen molar-refractivity contribution < 1.29 is 22.7 Å². The van der Waals surface area contributed by atoms with Gasteiger partial charge < -0.3 is 19.4 Å². The molecule has 1 amide bonds. The second-order valence-electron chi connectivity index (χ2n) is 8.64. The Morgan fingerprint density at radius 1 is 1.24 bits per heavy atom. The van der Waals surface area contributed by atoms with E-state index in [4.69, 9.17) is 10.00 Å². The van der Waals surface area contributed by atoms with Crippen molar-refractivity contribution in [2.24, 2.45) is 0 Å². The van der Waals surface area contributed by atoms with Gasteiger partial charge in [0.1, 0.15) is 24.2 Å². The number of nitrogens with one attached hydrogen (secondary N) is 1. The highest BCUT2D eigenvalue weighted by Crippen LogP contribution is 2.33. The molecule has 1 saturated heterocycles. The van der Waals surface area contributed by atoms with Crippen LogP contribution in [0.1, 0.15) is 44.2 Å². The number of carbonyl (C=O) groups excluding carboxylic acids is 1. The summed E-state index contributed by atoms with van der Waals surface area (Å²) >= 11 is 0. The fourth-order valence-corrected chi connectivity index (χ4v) is 4.09. The van der Waals surface area contributed by atoms with Crippen LogP contribution < -0.4 is 15.4 Å². The van der Waals surface area contributed by atoms with Crippen LogP contribution in [0.5, 0.6) is 0 Å². The van der Waals surface area contributed by atoms with Crippen molar-refractivity contribution in [3.05, 3.63) is 46.0 Å². The first kappa shape index (κ1) is 27.9. The Balaban J connectivity index is 1.58. The number of pyridine rings is 1. The minimum Gasteiger partial charge on any atom is -0.357 e. The van der Waals surface area contributed by atoms with Crippen molar-refractivity contribution in [1.29, 1.82) is 5.26 Å². The highest BCUT2D eigenvalue weighted by atomic mass is 19.4. The molecule has 0 aromatic carbocycles. The number of amides is 1. The Labute approximate surface area is 212 Å². The molecular formula is C24H30F3N7O3. The highest BCUT2D eigenvalue weighted by Gasteiger charge is 2.38. The van der Waals surface area contributed by atoms with E-state index in [1.54, 1.807) is 24.0 Å². The van der Waals surface area contributed by atoms with E-state index in [9.17, 15) is 22.8 Å². The third-order valence-electron chi connectivity index (χ3n) is 6.11. The number of rotatable bonds is 10. The topological polar surface area (TPSA) is 118 Å².